The molecule has 0 saturated carbocycles. The predicted octanol–water partition coefficient (Wildman–Crippen LogP) is 1.90. The highest BCUT2D eigenvalue weighted by molar-refractivity contribution is 5.90. The van der Waals surface area contributed by atoms with E-state index >= 15 is 0 Å². The zero-order chi connectivity index (χ0) is 13.4. The Morgan fingerprint density at radius 3 is 2.39 bits per heavy atom. The van der Waals surface area contributed by atoms with Crippen molar-refractivity contribution in [2.75, 3.05) is 34.5 Å². The maximum Gasteiger partial charge on any atom is 0.338 e. The number of rotatable bonds is 7. The van der Waals surface area contributed by atoms with Crippen molar-refractivity contribution in [3.05, 3.63) is 23.8 Å². The normalized spacial score (nSPS) is 9.94. The van der Waals surface area contributed by atoms with Crippen LogP contribution in [0.1, 0.15) is 16.8 Å². The summed E-state index contributed by atoms with van der Waals surface area (Å²) in [5, 5.41) is 0. The number of ether oxygens (including phenoxy) is 4. The molecular weight excluding hydrogens is 236 g/mol. The molecule has 1 rings (SSSR count). The van der Waals surface area contributed by atoms with Gasteiger partial charge in [-0.05, 0) is 12.1 Å². The Morgan fingerprint density at radius 2 is 1.78 bits per heavy atom. The number of hydrogen-bond donors (Lipinski definition) is 0. The number of hydrogen-bond acceptors (Lipinski definition) is 5. The third-order valence-electron chi connectivity index (χ3n) is 2.30. The van der Waals surface area contributed by atoms with Gasteiger partial charge in [0.05, 0.1) is 26.4 Å². The van der Waals surface area contributed by atoms with Crippen LogP contribution in [0, 0.1) is 0 Å². The summed E-state index contributed by atoms with van der Waals surface area (Å²) in [5.74, 6) is 0.709. The lowest BCUT2D eigenvalue weighted by atomic mass is 10.2. The van der Waals surface area contributed by atoms with Crippen LogP contribution >= 0.6 is 0 Å². The van der Waals surface area contributed by atoms with E-state index in [2.05, 4.69) is 4.74 Å². The van der Waals surface area contributed by atoms with Gasteiger partial charge in [0.25, 0.3) is 0 Å². The smallest absolute Gasteiger partial charge is 0.338 e. The zero-order valence-electron chi connectivity index (χ0n) is 10.9. The first-order valence-corrected chi connectivity index (χ1v) is 5.60. The third kappa shape index (κ3) is 4.25. The quantitative estimate of drug-likeness (QED) is 0.549. The Labute approximate surface area is 107 Å². The molecule has 0 amide bonds. The average molecular weight is 254 g/mol. The van der Waals surface area contributed by atoms with Crippen molar-refractivity contribution in [1.29, 1.82) is 0 Å². The molecule has 0 unspecified atom stereocenters. The van der Waals surface area contributed by atoms with Gasteiger partial charge in [0, 0.05) is 26.2 Å². The van der Waals surface area contributed by atoms with Crippen molar-refractivity contribution < 1.29 is 23.7 Å². The molecule has 0 aliphatic rings. The van der Waals surface area contributed by atoms with Crippen LogP contribution < -0.4 is 9.47 Å². The molecule has 5 heteroatoms. The molecule has 0 aromatic heterocycles. The third-order valence-corrected chi connectivity index (χ3v) is 2.30. The fourth-order valence-corrected chi connectivity index (χ4v) is 1.40. The summed E-state index contributed by atoms with van der Waals surface area (Å²) < 4.78 is 20.2. The summed E-state index contributed by atoms with van der Waals surface area (Å²) >= 11 is 0. The van der Waals surface area contributed by atoms with Crippen molar-refractivity contribution >= 4 is 5.97 Å². The van der Waals surface area contributed by atoms with E-state index in [1.807, 2.05) is 0 Å². The van der Waals surface area contributed by atoms with E-state index in [-0.39, 0.29) is 0 Å². The fourth-order valence-electron chi connectivity index (χ4n) is 1.40. The second kappa shape index (κ2) is 7.55. The summed E-state index contributed by atoms with van der Waals surface area (Å²) in [7, 11) is 4.51. The van der Waals surface area contributed by atoms with Crippen molar-refractivity contribution in [2.45, 2.75) is 6.42 Å². The van der Waals surface area contributed by atoms with Gasteiger partial charge in [-0.1, -0.05) is 0 Å². The number of esters is 1. The summed E-state index contributed by atoms with van der Waals surface area (Å²) in [4.78, 5) is 11.5. The molecule has 0 atom stereocenters. The first kappa shape index (κ1) is 14.3. The molecule has 0 saturated heterocycles. The van der Waals surface area contributed by atoms with E-state index in [9.17, 15) is 4.79 Å². The van der Waals surface area contributed by atoms with Gasteiger partial charge in [0.1, 0.15) is 11.5 Å². The van der Waals surface area contributed by atoms with Crippen molar-refractivity contribution in [1.82, 2.24) is 0 Å². The summed E-state index contributed by atoms with van der Waals surface area (Å²) in [6, 6.07) is 4.95. The van der Waals surface area contributed by atoms with Crippen LogP contribution in [0.5, 0.6) is 11.5 Å². The molecule has 18 heavy (non-hydrogen) atoms. The molecule has 0 N–H and O–H groups in total. The minimum Gasteiger partial charge on any atom is -0.497 e. The largest absolute Gasteiger partial charge is 0.497 e. The van der Waals surface area contributed by atoms with Gasteiger partial charge >= 0.3 is 5.97 Å². The molecule has 5 nitrogen and oxygen atoms in total. The van der Waals surface area contributed by atoms with E-state index in [0.717, 1.165) is 6.42 Å². The number of methoxy groups -OCH3 is 3. The van der Waals surface area contributed by atoms with Gasteiger partial charge in [0.15, 0.2) is 0 Å². The highest BCUT2D eigenvalue weighted by atomic mass is 16.5. The van der Waals surface area contributed by atoms with Crippen molar-refractivity contribution in [3.8, 4) is 11.5 Å². The van der Waals surface area contributed by atoms with Crippen LogP contribution in [0.25, 0.3) is 0 Å². The predicted molar refractivity (Wildman–Crippen MR) is 66.3 cm³/mol. The lowest BCUT2D eigenvalue weighted by Crippen LogP contribution is -2.05. The molecule has 0 aliphatic heterocycles. The Balaban J connectivity index is 2.74. The van der Waals surface area contributed by atoms with Gasteiger partial charge in [-0.15, -0.1) is 0 Å². The second-order valence-corrected chi connectivity index (χ2v) is 3.58. The van der Waals surface area contributed by atoms with Crippen LogP contribution in [0.15, 0.2) is 18.2 Å². The van der Waals surface area contributed by atoms with E-state index in [0.29, 0.717) is 30.3 Å². The minimum absolute atomic E-state index is 0.401. The topological polar surface area (TPSA) is 54.0 Å². The molecular formula is C13H18O5. The summed E-state index contributed by atoms with van der Waals surface area (Å²) in [6.45, 7) is 1.15. The fraction of sp³-hybridized carbons (Fsp3) is 0.462. The maximum atomic E-state index is 11.5. The first-order valence-electron chi connectivity index (χ1n) is 5.60. The number of carbonyl (C=O) groups excluding carboxylic acids is 1. The van der Waals surface area contributed by atoms with Crippen LogP contribution in [-0.4, -0.2) is 40.5 Å². The van der Waals surface area contributed by atoms with Crippen LogP contribution in [0.3, 0.4) is 0 Å². The van der Waals surface area contributed by atoms with E-state index in [1.165, 1.54) is 14.2 Å². The Kier molecular flexibility index (Phi) is 6.00. The molecule has 1 aromatic carbocycles. The molecule has 0 fully saturated rings. The monoisotopic (exact) mass is 254 g/mol. The van der Waals surface area contributed by atoms with Crippen molar-refractivity contribution in [3.63, 3.8) is 0 Å². The molecule has 1 aromatic rings. The highest BCUT2D eigenvalue weighted by Crippen LogP contribution is 2.23. The Hall–Kier alpha value is -1.75. The summed E-state index contributed by atoms with van der Waals surface area (Å²) in [6.07, 6.45) is 0.779. The number of benzene rings is 1. The highest BCUT2D eigenvalue weighted by Gasteiger charge is 2.09. The minimum atomic E-state index is -0.421. The second-order valence-electron chi connectivity index (χ2n) is 3.58. The average Bonchev–Trinajstić information content (AvgIpc) is 2.42. The zero-order valence-corrected chi connectivity index (χ0v) is 10.9. The molecule has 0 bridgehead atoms. The van der Waals surface area contributed by atoms with Crippen LogP contribution in [-0.2, 0) is 9.47 Å². The lowest BCUT2D eigenvalue weighted by molar-refractivity contribution is 0.0599. The van der Waals surface area contributed by atoms with Crippen LogP contribution in [0.2, 0.25) is 0 Å². The molecule has 100 valence electrons. The Bertz CT molecular complexity index is 389. The van der Waals surface area contributed by atoms with E-state index in [4.69, 9.17) is 14.2 Å². The standard InChI is InChI=1S/C13H18O5/c1-15-5-4-6-18-12-8-10(13(14)17-3)7-11(9-12)16-2/h7-9H,4-6H2,1-3H3. The lowest BCUT2D eigenvalue weighted by Gasteiger charge is -2.09. The van der Waals surface area contributed by atoms with Gasteiger partial charge in [-0.2, -0.15) is 0 Å². The molecule has 0 heterocycles. The van der Waals surface area contributed by atoms with Gasteiger partial charge in [0.2, 0.25) is 0 Å². The van der Waals surface area contributed by atoms with Gasteiger partial charge in [-0.25, -0.2) is 4.79 Å². The molecule has 0 radical (unpaired) electrons. The molecule has 0 spiro atoms. The SMILES string of the molecule is COCCCOc1cc(OC)cc(C(=O)OC)c1. The van der Waals surface area contributed by atoms with Crippen LogP contribution in [0.4, 0.5) is 0 Å². The van der Waals surface area contributed by atoms with Gasteiger partial charge in [-0.3, -0.25) is 0 Å². The van der Waals surface area contributed by atoms with Gasteiger partial charge < -0.3 is 18.9 Å². The maximum absolute atomic E-state index is 11.5. The van der Waals surface area contributed by atoms with E-state index < -0.39 is 5.97 Å². The van der Waals surface area contributed by atoms with Crippen molar-refractivity contribution in [2.24, 2.45) is 0 Å². The summed E-state index contributed by atoms with van der Waals surface area (Å²) in [5.41, 5.74) is 0.401. The van der Waals surface area contributed by atoms with E-state index in [1.54, 1.807) is 25.3 Å². The number of carbonyl (C=O) groups is 1. The molecule has 0 aliphatic carbocycles. The Morgan fingerprint density at radius 1 is 1.06 bits per heavy atom. The first-order chi connectivity index (χ1) is 8.71.